The Morgan fingerprint density at radius 3 is 2.92 bits per heavy atom. The smallest absolute Gasteiger partial charge is 0.270 e. The number of carbonyl (C=O) groups is 1. The number of hydrogen-bond acceptors (Lipinski definition) is 2. The molecule has 0 saturated carbocycles. The molecule has 1 atom stereocenters. The monoisotopic (exact) mass is 182 g/mol. The van der Waals surface area contributed by atoms with Crippen LogP contribution >= 0.6 is 0 Å². The largest absolute Gasteiger partial charge is 0.392 e. The lowest BCUT2D eigenvalue weighted by molar-refractivity contribution is 0.0699. The first-order valence-electron chi connectivity index (χ1n) is 4.18. The summed E-state index contributed by atoms with van der Waals surface area (Å²) in [6, 6.07) is 3.48. The summed E-state index contributed by atoms with van der Waals surface area (Å²) in [7, 11) is 1.66. The zero-order chi connectivity index (χ0) is 9.84. The first-order valence-corrected chi connectivity index (χ1v) is 4.18. The summed E-state index contributed by atoms with van der Waals surface area (Å²) < 4.78 is 0. The van der Waals surface area contributed by atoms with Gasteiger partial charge in [0.1, 0.15) is 5.69 Å². The van der Waals surface area contributed by atoms with Crippen LogP contribution in [0.25, 0.3) is 0 Å². The van der Waals surface area contributed by atoms with Gasteiger partial charge in [0.05, 0.1) is 6.10 Å². The van der Waals surface area contributed by atoms with Gasteiger partial charge in [-0.15, -0.1) is 0 Å². The van der Waals surface area contributed by atoms with Crippen LogP contribution in [0.3, 0.4) is 0 Å². The van der Waals surface area contributed by atoms with Gasteiger partial charge in [0.15, 0.2) is 0 Å². The summed E-state index contributed by atoms with van der Waals surface area (Å²) in [6.07, 6.45) is 1.20. The number of hydrogen-bond donors (Lipinski definition) is 2. The number of likely N-dealkylation sites (N-methyl/N-ethyl adjacent to an activating group) is 1. The molecule has 1 aromatic heterocycles. The van der Waals surface area contributed by atoms with Crippen LogP contribution in [-0.4, -0.2) is 40.6 Å². The SMILES string of the molecule is CC(O)CN(C)C(=O)c1ccc[nH]1. The summed E-state index contributed by atoms with van der Waals surface area (Å²) in [6.45, 7) is 2.00. The van der Waals surface area contributed by atoms with Gasteiger partial charge in [-0.3, -0.25) is 4.79 Å². The zero-order valence-corrected chi connectivity index (χ0v) is 7.82. The molecule has 0 bridgehead atoms. The highest BCUT2D eigenvalue weighted by Crippen LogP contribution is 2.00. The molecule has 1 unspecified atom stereocenters. The number of aromatic amines is 1. The molecule has 1 amide bonds. The standard InChI is InChI=1S/C9H14N2O2/c1-7(12)6-11(2)9(13)8-4-3-5-10-8/h3-5,7,10,12H,6H2,1-2H3. The van der Waals surface area contributed by atoms with Crippen molar-refractivity contribution in [3.05, 3.63) is 24.0 Å². The average Bonchev–Trinajstić information content (AvgIpc) is 2.53. The second-order valence-corrected chi connectivity index (χ2v) is 3.12. The lowest BCUT2D eigenvalue weighted by Crippen LogP contribution is -2.33. The van der Waals surface area contributed by atoms with E-state index < -0.39 is 6.10 Å². The van der Waals surface area contributed by atoms with Crippen molar-refractivity contribution in [2.45, 2.75) is 13.0 Å². The molecule has 1 heterocycles. The van der Waals surface area contributed by atoms with E-state index in [0.717, 1.165) is 0 Å². The van der Waals surface area contributed by atoms with E-state index in [-0.39, 0.29) is 5.91 Å². The first kappa shape index (κ1) is 9.80. The quantitative estimate of drug-likeness (QED) is 0.713. The summed E-state index contributed by atoms with van der Waals surface area (Å²) in [5.41, 5.74) is 0.545. The Bertz CT molecular complexity index is 267. The van der Waals surface area contributed by atoms with Gasteiger partial charge in [0, 0.05) is 19.8 Å². The molecule has 0 aliphatic carbocycles. The van der Waals surface area contributed by atoms with Gasteiger partial charge in [-0.1, -0.05) is 0 Å². The number of aliphatic hydroxyl groups excluding tert-OH is 1. The minimum Gasteiger partial charge on any atom is -0.392 e. The highest BCUT2D eigenvalue weighted by molar-refractivity contribution is 5.92. The van der Waals surface area contributed by atoms with Gasteiger partial charge in [-0.2, -0.15) is 0 Å². The number of aliphatic hydroxyl groups is 1. The van der Waals surface area contributed by atoms with E-state index in [1.807, 2.05) is 0 Å². The summed E-state index contributed by atoms with van der Waals surface area (Å²) in [4.78, 5) is 15.8. The van der Waals surface area contributed by atoms with E-state index in [9.17, 15) is 4.79 Å². The molecule has 2 N–H and O–H groups in total. The number of nitrogens with one attached hydrogen (secondary N) is 1. The lowest BCUT2D eigenvalue weighted by Gasteiger charge is -2.17. The van der Waals surface area contributed by atoms with Crippen LogP contribution in [0.5, 0.6) is 0 Å². The highest BCUT2D eigenvalue weighted by Gasteiger charge is 2.13. The van der Waals surface area contributed by atoms with E-state index in [2.05, 4.69) is 4.98 Å². The van der Waals surface area contributed by atoms with E-state index in [4.69, 9.17) is 5.11 Å². The predicted octanol–water partition coefficient (Wildman–Crippen LogP) is 0.468. The average molecular weight is 182 g/mol. The minimum atomic E-state index is -0.496. The molecule has 1 rings (SSSR count). The maximum atomic E-state index is 11.5. The van der Waals surface area contributed by atoms with Crippen LogP contribution < -0.4 is 0 Å². The molecular weight excluding hydrogens is 168 g/mol. The van der Waals surface area contributed by atoms with E-state index >= 15 is 0 Å². The Labute approximate surface area is 77.2 Å². The van der Waals surface area contributed by atoms with Crippen LogP contribution in [0, 0.1) is 0 Å². The molecule has 0 fully saturated rings. The van der Waals surface area contributed by atoms with Crippen LogP contribution in [0.1, 0.15) is 17.4 Å². The van der Waals surface area contributed by atoms with Gasteiger partial charge in [-0.05, 0) is 19.1 Å². The molecule has 72 valence electrons. The molecule has 1 aromatic rings. The number of amides is 1. The predicted molar refractivity (Wildman–Crippen MR) is 49.4 cm³/mol. The van der Waals surface area contributed by atoms with Gasteiger partial charge < -0.3 is 15.0 Å². The lowest BCUT2D eigenvalue weighted by atomic mass is 10.3. The van der Waals surface area contributed by atoms with Crippen molar-refractivity contribution in [3.63, 3.8) is 0 Å². The minimum absolute atomic E-state index is 0.106. The van der Waals surface area contributed by atoms with Crippen molar-refractivity contribution in [1.29, 1.82) is 0 Å². The summed E-state index contributed by atoms with van der Waals surface area (Å²) >= 11 is 0. The number of carbonyl (C=O) groups excluding carboxylic acids is 1. The maximum Gasteiger partial charge on any atom is 0.270 e. The van der Waals surface area contributed by atoms with Gasteiger partial charge in [-0.25, -0.2) is 0 Å². The number of aromatic nitrogens is 1. The molecule has 13 heavy (non-hydrogen) atoms. The second-order valence-electron chi connectivity index (χ2n) is 3.12. The van der Waals surface area contributed by atoms with Crippen molar-refractivity contribution >= 4 is 5.91 Å². The molecule has 0 aliphatic rings. The molecule has 4 nitrogen and oxygen atoms in total. The summed E-state index contributed by atoms with van der Waals surface area (Å²) in [5.74, 6) is -0.106. The molecule has 0 aliphatic heterocycles. The third-order valence-corrected chi connectivity index (χ3v) is 1.71. The van der Waals surface area contributed by atoms with E-state index in [0.29, 0.717) is 12.2 Å². The topological polar surface area (TPSA) is 56.3 Å². The van der Waals surface area contributed by atoms with E-state index in [1.54, 1.807) is 32.3 Å². The fourth-order valence-electron chi connectivity index (χ4n) is 1.15. The number of rotatable bonds is 3. The van der Waals surface area contributed by atoms with Crippen molar-refractivity contribution in [2.24, 2.45) is 0 Å². The Kier molecular flexibility index (Phi) is 3.08. The molecule has 0 radical (unpaired) electrons. The Morgan fingerprint density at radius 1 is 1.77 bits per heavy atom. The third-order valence-electron chi connectivity index (χ3n) is 1.71. The van der Waals surface area contributed by atoms with Crippen molar-refractivity contribution in [3.8, 4) is 0 Å². The molecule has 0 saturated heterocycles. The number of H-pyrrole nitrogens is 1. The van der Waals surface area contributed by atoms with Crippen LogP contribution in [0.4, 0.5) is 0 Å². The Hall–Kier alpha value is -1.29. The first-order chi connectivity index (χ1) is 6.11. The fourth-order valence-corrected chi connectivity index (χ4v) is 1.15. The van der Waals surface area contributed by atoms with Crippen LogP contribution in [0.15, 0.2) is 18.3 Å². The maximum absolute atomic E-state index is 11.5. The fraction of sp³-hybridized carbons (Fsp3) is 0.444. The van der Waals surface area contributed by atoms with Crippen molar-refractivity contribution in [2.75, 3.05) is 13.6 Å². The van der Waals surface area contributed by atoms with Crippen LogP contribution in [-0.2, 0) is 0 Å². The number of nitrogens with zero attached hydrogens (tertiary/aromatic N) is 1. The van der Waals surface area contributed by atoms with Crippen molar-refractivity contribution in [1.82, 2.24) is 9.88 Å². The molecule has 0 spiro atoms. The normalized spacial score (nSPS) is 12.5. The Morgan fingerprint density at radius 2 is 2.46 bits per heavy atom. The van der Waals surface area contributed by atoms with Gasteiger partial charge in [0.2, 0.25) is 0 Å². The third kappa shape index (κ3) is 2.59. The highest BCUT2D eigenvalue weighted by atomic mass is 16.3. The van der Waals surface area contributed by atoms with E-state index in [1.165, 1.54) is 4.90 Å². The van der Waals surface area contributed by atoms with Crippen LogP contribution in [0.2, 0.25) is 0 Å². The molecular formula is C9H14N2O2. The molecule has 4 heteroatoms. The van der Waals surface area contributed by atoms with Crippen molar-refractivity contribution < 1.29 is 9.90 Å². The summed E-state index contributed by atoms with van der Waals surface area (Å²) in [5, 5.41) is 9.07. The zero-order valence-electron chi connectivity index (χ0n) is 7.82. The molecule has 0 aromatic carbocycles. The van der Waals surface area contributed by atoms with Gasteiger partial charge in [0.25, 0.3) is 5.91 Å². The Balaban J connectivity index is 2.58. The van der Waals surface area contributed by atoms with Gasteiger partial charge >= 0.3 is 0 Å². The second kappa shape index (κ2) is 4.09.